The van der Waals surface area contributed by atoms with Gasteiger partial charge in [0, 0.05) is 19.3 Å². The Balaban J connectivity index is 2.77. The molecule has 0 aliphatic heterocycles. The minimum Gasteiger partial charge on any atom is -0.374 e. The quantitative estimate of drug-likeness (QED) is 0.821. The van der Waals surface area contributed by atoms with Crippen molar-refractivity contribution in [3.05, 3.63) is 29.8 Å². The van der Waals surface area contributed by atoms with E-state index in [1.807, 2.05) is 24.1 Å². The Morgan fingerprint density at radius 3 is 2.88 bits per heavy atom. The molecular weight excluding hydrogens is 202 g/mol. The van der Waals surface area contributed by atoms with Crippen molar-refractivity contribution in [3.63, 3.8) is 0 Å². The van der Waals surface area contributed by atoms with E-state index in [1.165, 1.54) is 0 Å². The number of rotatable bonds is 4. The number of nitriles is 1. The molecule has 84 valence electrons. The van der Waals surface area contributed by atoms with Crippen LogP contribution in [0, 0.1) is 17.2 Å². The molecule has 0 aliphatic rings. The highest BCUT2D eigenvalue weighted by molar-refractivity contribution is 5.77. The Hall–Kier alpha value is -2.02. The summed E-state index contributed by atoms with van der Waals surface area (Å²) in [5.41, 5.74) is 6.72. The van der Waals surface area contributed by atoms with Crippen LogP contribution in [0.5, 0.6) is 0 Å². The molecule has 0 radical (unpaired) electrons. The Bertz CT molecular complexity index is 423. The zero-order valence-corrected chi connectivity index (χ0v) is 9.47. The van der Waals surface area contributed by atoms with Crippen LogP contribution >= 0.6 is 0 Å². The second-order valence-corrected chi connectivity index (χ2v) is 3.85. The molecule has 1 unspecified atom stereocenters. The molecule has 1 atom stereocenters. The molecule has 0 aliphatic carbocycles. The first-order valence-corrected chi connectivity index (χ1v) is 5.05. The number of nitrogens with two attached hydrogens (primary N) is 1. The summed E-state index contributed by atoms with van der Waals surface area (Å²) in [7, 11) is 1.87. The molecule has 0 bridgehead atoms. The molecule has 0 fully saturated rings. The maximum atomic E-state index is 10.9. The number of nitrogens with zero attached hydrogens (tertiary/aromatic N) is 2. The van der Waals surface area contributed by atoms with Gasteiger partial charge in [0.1, 0.15) is 0 Å². The van der Waals surface area contributed by atoms with Gasteiger partial charge in [0.25, 0.3) is 0 Å². The number of benzene rings is 1. The van der Waals surface area contributed by atoms with E-state index in [0.29, 0.717) is 12.1 Å². The summed E-state index contributed by atoms with van der Waals surface area (Å²) < 4.78 is 0. The van der Waals surface area contributed by atoms with Crippen LogP contribution < -0.4 is 10.6 Å². The SMILES string of the molecule is CC(CN(C)c1cccc(C#N)c1)C(N)=O. The van der Waals surface area contributed by atoms with E-state index in [0.717, 1.165) is 5.69 Å². The van der Waals surface area contributed by atoms with Gasteiger partial charge in [-0.15, -0.1) is 0 Å². The molecule has 1 amide bonds. The number of hydrogen-bond donors (Lipinski definition) is 1. The molecule has 2 N–H and O–H groups in total. The van der Waals surface area contributed by atoms with Crippen molar-refractivity contribution in [2.24, 2.45) is 11.7 Å². The summed E-state index contributed by atoms with van der Waals surface area (Å²) in [5.74, 6) is -0.529. The summed E-state index contributed by atoms with van der Waals surface area (Å²) in [4.78, 5) is 12.8. The lowest BCUT2D eigenvalue weighted by Crippen LogP contribution is -2.32. The van der Waals surface area contributed by atoms with Gasteiger partial charge in [0.15, 0.2) is 0 Å². The standard InChI is InChI=1S/C12H15N3O/c1-9(12(14)16)8-15(2)11-5-3-4-10(6-11)7-13/h3-6,9H,8H2,1-2H3,(H2,14,16). The lowest BCUT2D eigenvalue weighted by atomic mass is 10.1. The predicted octanol–water partition coefficient (Wildman–Crippen LogP) is 1.12. The second kappa shape index (κ2) is 5.17. The van der Waals surface area contributed by atoms with Gasteiger partial charge >= 0.3 is 0 Å². The van der Waals surface area contributed by atoms with Crippen LogP contribution in [0.15, 0.2) is 24.3 Å². The number of anilines is 1. The maximum Gasteiger partial charge on any atom is 0.222 e. The highest BCUT2D eigenvalue weighted by Crippen LogP contribution is 2.15. The van der Waals surface area contributed by atoms with Crippen LogP contribution in [0.3, 0.4) is 0 Å². The fraction of sp³-hybridized carbons (Fsp3) is 0.333. The van der Waals surface area contributed by atoms with Gasteiger partial charge in [-0.25, -0.2) is 0 Å². The first-order chi connectivity index (χ1) is 7.54. The van der Waals surface area contributed by atoms with Crippen molar-refractivity contribution in [1.82, 2.24) is 0 Å². The summed E-state index contributed by atoms with van der Waals surface area (Å²) in [6, 6.07) is 9.33. The van der Waals surface area contributed by atoms with Crippen molar-refractivity contribution < 1.29 is 4.79 Å². The lowest BCUT2D eigenvalue weighted by molar-refractivity contribution is -0.121. The molecule has 1 rings (SSSR count). The molecule has 0 heterocycles. The zero-order chi connectivity index (χ0) is 12.1. The summed E-state index contributed by atoms with van der Waals surface area (Å²) in [6.07, 6.45) is 0. The number of carbonyl (C=O) groups excluding carboxylic acids is 1. The Morgan fingerprint density at radius 1 is 1.62 bits per heavy atom. The van der Waals surface area contributed by atoms with Gasteiger partial charge in [-0.3, -0.25) is 4.79 Å². The van der Waals surface area contributed by atoms with E-state index < -0.39 is 0 Å². The first kappa shape index (κ1) is 12.1. The second-order valence-electron chi connectivity index (χ2n) is 3.85. The Labute approximate surface area is 95.3 Å². The van der Waals surface area contributed by atoms with Crippen LogP contribution in [0.4, 0.5) is 5.69 Å². The molecule has 16 heavy (non-hydrogen) atoms. The van der Waals surface area contributed by atoms with Gasteiger partial charge in [0.05, 0.1) is 17.6 Å². The Kier molecular flexibility index (Phi) is 3.90. The summed E-state index contributed by atoms with van der Waals surface area (Å²) in [5, 5.41) is 8.77. The molecule has 0 spiro atoms. The monoisotopic (exact) mass is 217 g/mol. The van der Waals surface area contributed by atoms with Crippen LogP contribution in [0.25, 0.3) is 0 Å². The van der Waals surface area contributed by atoms with Crippen molar-refractivity contribution >= 4 is 11.6 Å². The van der Waals surface area contributed by atoms with Crippen molar-refractivity contribution in [3.8, 4) is 6.07 Å². The van der Waals surface area contributed by atoms with Gasteiger partial charge < -0.3 is 10.6 Å². The van der Waals surface area contributed by atoms with E-state index in [-0.39, 0.29) is 11.8 Å². The molecule has 0 saturated carbocycles. The van der Waals surface area contributed by atoms with Crippen LogP contribution in [0.1, 0.15) is 12.5 Å². The lowest BCUT2D eigenvalue weighted by Gasteiger charge is -2.21. The molecule has 4 heteroatoms. The largest absolute Gasteiger partial charge is 0.374 e. The number of hydrogen-bond acceptors (Lipinski definition) is 3. The van der Waals surface area contributed by atoms with E-state index in [9.17, 15) is 4.79 Å². The normalized spacial score (nSPS) is 11.6. The molecule has 4 nitrogen and oxygen atoms in total. The minimum atomic E-state index is -0.316. The third kappa shape index (κ3) is 2.99. The van der Waals surface area contributed by atoms with Crippen molar-refractivity contribution in [1.29, 1.82) is 5.26 Å². The zero-order valence-electron chi connectivity index (χ0n) is 9.47. The van der Waals surface area contributed by atoms with Crippen LogP contribution in [-0.2, 0) is 4.79 Å². The molecular formula is C12H15N3O. The minimum absolute atomic E-state index is 0.212. The van der Waals surface area contributed by atoms with Gasteiger partial charge in [0.2, 0.25) is 5.91 Å². The van der Waals surface area contributed by atoms with Gasteiger partial charge in [-0.2, -0.15) is 5.26 Å². The molecule has 1 aromatic carbocycles. The molecule has 1 aromatic rings. The number of carbonyl (C=O) groups is 1. The average Bonchev–Trinajstić information content (AvgIpc) is 2.28. The topological polar surface area (TPSA) is 70.1 Å². The van der Waals surface area contributed by atoms with Gasteiger partial charge in [-0.1, -0.05) is 13.0 Å². The third-order valence-electron chi connectivity index (χ3n) is 2.45. The highest BCUT2D eigenvalue weighted by Gasteiger charge is 2.12. The third-order valence-corrected chi connectivity index (χ3v) is 2.45. The predicted molar refractivity (Wildman–Crippen MR) is 62.8 cm³/mol. The van der Waals surface area contributed by atoms with E-state index in [1.54, 1.807) is 19.1 Å². The van der Waals surface area contributed by atoms with Crippen LogP contribution in [0.2, 0.25) is 0 Å². The van der Waals surface area contributed by atoms with E-state index in [2.05, 4.69) is 6.07 Å². The highest BCUT2D eigenvalue weighted by atomic mass is 16.1. The molecule has 0 saturated heterocycles. The average molecular weight is 217 g/mol. The van der Waals surface area contributed by atoms with E-state index in [4.69, 9.17) is 11.0 Å². The van der Waals surface area contributed by atoms with E-state index >= 15 is 0 Å². The number of amides is 1. The summed E-state index contributed by atoms with van der Waals surface area (Å²) in [6.45, 7) is 2.33. The maximum absolute atomic E-state index is 10.9. The first-order valence-electron chi connectivity index (χ1n) is 5.05. The molecule has 0 aromatic heterocycles. The summed E-state index contributed by atoms with van der Waals surface area (Å²) >= 11 is 0. The fourth-order valence-electron chi connectivity index (χ4n) is 1.42. The van der Waals surface area contributed by atoms with Crippen LogP contribution in [-0.4, -0.2) is 19.5 Å². The van der Waals surface area contributed by atoms with Crippen molar-refractivity contribution in [2.75, 3.05) is 18.5 Å². The Morgan fingerprint density at radius 2 is 2.31 bits per heavy atom. The smallest absolute Gasteiger partial charge is 0.222 e. The fourth-order valence-corrected chi connectivity index (χ4v) is 1.42. The number of primary amides is 1. The van der Waals surface area contributed by atoms with Gasteiger partial charge in [-0.05, 0) is 18.2 Å². The van der Waals surface area contributed by atoms with Crippen molar-refractivity contribution in [2.45, 2.75) is 6.92 Å².